The number of rotatable bonds is 8. The van der Waals surface area contributed by atoms with Crippen LogP contribution in [0.1, 0.15) is 19.4 Å². The van der Waals surface area contributed by atoms with E-state index in [1.165, 1.54) is 19.1 Å². The van der Waals surface area contributed by atoms with E-state index >= 15 is 0 Å². The normalized spacial score (nSPS) is 11.5. The third-order valence-electron chi connectivity index (χ3n) is 3.77. The fourth-order valence-electron chi connectivity index (χ4n) is 2.40. The van der Waals surface area contributed by atoms with E-state index in [9.17, 15) is 19.2 Å². The maximum atomic E-state index is 11.7. The number of fused-ring (bicyclic) bond motifs is 1. The first-order chi connectivity index (χ1) is 13.3. The summed E-state index contributed by atoms with van der Waals surface area (Å²) in [6.45, 7) is 4.56. The van der Waals surface area contributed by atoms with E-state index in [1.54, 1.807) is 26.0 Å². The highest BCUT2D eigenvalue weighted by Gasteiger charge is 2.16. The summed E-state index contributed by atoms with van der Waals surface area (Å²) in [6, 6.07) is 5.49. The molecule has 1 heterocycles. The highest BCUT2D eigenvalue weighted by atomic mass is 16.6. The zero-order valence-electron chi connectivity index (χ0n) is 15.9. The molecule has 2 rings (SSSR count). The van der Waals surface area contributed by atoms with Crippen molar-refractivity contribution < 1.29 is 28.3 Å². The lowest BCUT2D eigenvalue weighted by Gasteiger charge is -2.13. The molecule has 2 N–H and O–H groups in total. The van der Waals surface area contributed by atoms with Crippen molar-refractivity contribution >= 4 is 28.8 Å². The molecular weight excluding hydrogens is 368 g/mol. The van der Waals surface area contributed by atoms with Gasteiger partial charge in [0.1, 0.15) is 17.4 Å². The number of carbonyl (C=O) groups is 3. The molecule has 1 aromatic heterocycles. The minimum Gasteiger partial charge on any atom is -0.482 e. The van der Waals surface area contributed by atoms with Crippen LogP contribution in [0.2, 0.25) is 0 Å². The first-order valence-electron chi connectivity index (χ1n) is 8.70. The molecule has 0 aliphatic heterocycles. The molecule has 0 fully saturated rings. The van der Waals surface area contributed by atoms with E-state index in [0.717, 1.165) is 10.9 Å². The van der Waals surface area contributed by atoms with Crippen LogP contribution < -0.4 is 21.0 Å². The van der Waals surface area contributed by atoms with Crippen LogP contribution in [0.5, 0.6) is 5.75 Å². The first kappa shape index (κ1) is 20.9. The minimum atomic E-state index is -0.758. The second-order valence-electron chi connectivity index (χ2n) is 6.04. The predicted octanol–water partition coefficient (Wildman–Crippen LogP) is 0.664. The van der Waals surface area contributed by atoms with Crippen LogP contribution in [0.4, 0.5) is 0 Å². The Balaban J connectivity index is 1.82. The minimum absolute atomic E-state index is 0.313. The van der Waals surface area contributed by atoms with Crippen molar-refractivity contribution in [1.29, 1.82) is 0 Å². The van der Waals surface area contributed by atoms with Gasteiger partial charge < -0.3 is 24.5 Å². The highest BCUT2D eigenvalue weighted by Crippen LogP contribution is 2.22. The predicted molar refractivity (Wildman–Crippen MR) is 100.0 cm³/mol. The van der Waals surface area contributed by atoms with E-state index in [1.807, 2.05) is 0 Å². The highest BCUT2D eigenvalue weighted by molar-refractivity contribution is 5.88. The number of hydrogen-bond donors (Lipinski definition) is 2. The Morgan fingerprint density at radius 1 is 1.18 bits per heavy atom. The molecule has 9 nitrogen and oxygen atoms in total. The molecule has 0 unspecified atom stereocenters. The molecule has 2 amide bonds. The number of nitrogens with one attached hydrogen (secondary N) is 2. The number of esters is 1. The second kappa shape index (κ2) is 9.54. The van der Waals surface area contributed by atoms with Crippen molar-refractivity contribution in [2.45, 2.75) is 26.8 Å². The number of aryl methyl sites for hydroxylation is 1. The zero-order valence-corrected chi connectivity index (χ0v) is 15.9. The molecule has 1 atom stereocenters. The lowest BCUT2D eigenvalue weighted by atomic mass is 10.1. The molecule has 0 radical (unpaired) electrons. The van der Waals surface area contributed by atoms with Crippen molar-refractivity contribution in [3.63, 3.8) is 0 Å². The lowest BCUT2D eigenvalue weighted by Crippen LogP contribution is -2.46. The molecular formula is C19H22N2O7. The number of ether oxygens (including phenoxy) is 2. The van der Waals surface area contributed by atoms with E-state index < -0.39 is 36.8 Å². The van der Waals surface area contributed by atoms with Gasteiger partial charge in [0.25, 0.3) is 5.91 Å². The molecule has 0 bridgehead atoms. The number of hydrogen-bond acceptors (Lipinski definition) is 7. The topological polar surface area (TPSA) is 124 Å². The quantitative estimate of drug-likeness (QED) is 0.501. The molecule has 0 saturated carbocycles. The Labute approximate surface area is 161 Å². The Bertz CT molecular complexity index is 936. The van der Waals surface area contributed by atoms with E-state index in [2.05, 4.69) is 10.6 Å². The van der Waals surface area contributed by atoms with E-state index in [-0.39, 0.29) is 5.91 Å². The zero-order chi connectivity index (χ0) is 20.7. The van der Waals surface area contributed by atoms with E-state index in [0.29, 0.717) is 17.9 Å². The summed E-state index contributed by atoms with van der Waals surface area (Å²) in [7, 11) is 0. The van der Waals surface area contributed by atoms with Crippen LogP contribution in [-0.4, -0.2) is 43.6 Å². The van der Waals surface area contributed by atoms with Gasteiger partial charge in [0.15, 0.2) is 13.2 Å². The monoisotopic (exact) mass is 390 g/mol. The van der Waals surface area contributed by atoms with Gasteiger partial charge in [0.05, 0.1) is 0 Å². The van der Waals surface area contributed by atoms with Gasteiger partial charge in [-0.2, -0.15) is 0 Å². The Kier molecular flexibility index (Phi) is 7.14. The average molecular weight is 390 g/mol. The number of likely N-dealkylation sites (N-methyl/N-ethyl adjacent to an activating group) is 1. The number of amides is 2. The first-order valence-corrected chi connectivity index (χ1v) is 8.70. The third kappa shape index (κ3) is 5.83. The summed E-state index contributed by atoms with van der Waals surface area (Å²) in [4.78, 5) is 46.4. The van der Waals surface area contributed by atoms with Gasteiger partial charge in [0, 0.05) is 24.1 Å². The summed E-state index contributed by atoms with van der Waals surface area (Å²) in [5, 5.41) is 5.74. The van der Waals surface area contributed by atoms with Crippen molar-refractivity contribution in [2.75, 3.05) is 19.8 Å². The van der Waals surface area contributed by atoms with Crippen molar-refractivity contribution in [3.05, 3.63) is 40.2 Å². The Morgan fingerprint density at radius 3 is 2.64 bits per heavy atom. The molecule has 2 aromatic rings. The third-order valence-corrected chi connectivity index (χ3v) is 3.77. The Hall–Kier alpha value is -3.36. The molecule has 0 saturated heterocycles. The average Bonchev–Trinajstić information content (AvgIpc) is 2.64. The number of benzene rings is 1. The van der Waals surface area contributed by atoms with Crippen LogP contribution in [0.3, 0.4) is 0 Å². The summed E-state index contributed by atoms with van der Waals surface area (Å²) in [5.41, 5.74) is 0.633. The van der Waals surface area contributed by atoms with Crippen molar-refractivity contribution in [2.24, 2.45) is 0 Å². The fraction of sp³-hybridized carbons (Fsp3) is 0.368. The SMILES string of the molecule is CCNC(=O)[C@H](C)NC(=O)COC(=O)COc1ccc2c(C)cc(=O)oc2c1. The number of carbonyl (C=O) groups excluding carboxylic acids is 3. The summed E-state index contributed by atoms with van der Waals surface area (Å²) >= 11 is 0. The Morgan fingerprint density at radius 2 is 1.93 bits per heavy atom. The van der Waals surface area contributed by atoms with Crippen LogP contribution >= 0.6 is 0 Å². The molecule has 0 spiro atoms. The molecule has 28 heavy (non-hydrogen) atoms. The second-order valence-corrected chi connectivity index (χ2v) is 6.04. The summed E-state index contributed by atoms with van der Waals surface area (Å²) in [6.07, 6.45) is 0. The van der Waals surface area contributed by atoms with Gasteiger partial charge in [0.2, 0.25) is 5.91 Å². The van der Waals surface area contributed by atoms with E-state index in [4.69, 9.17) is 13.9 Å². The molecule has 0 aliphatic carbocycles. The van der Waals surface area contributed by atoms with Gasteiger partial charge in [-0.1, -0.05) is 0 Å². The summed E-state index contributed by atoms with van der Waals surface area (Å²) < 4.78 is 15.2. The molecule has 0 aliphatic rings. The fourth-order valence-corrected chi connectivity index (χ4v) is 2.40. The molecule has 9 heteroatoms. The van der Waals surface area contributed by atoms with Crippen LogP contribution in [0, 0.1) is 6.92 Å². The lowest BCUT2D eigenvalue weighted by molar-refractivity contribution is -0.150. The van der Waals surface area contributed by atoms with Crippen molar-refractivity contribution in [1.82, 2.24) is 10.6 Å². The van der Waals surface area contributed by atoms with Crippen molar-refractivity contribution in [3.8, 4) is 5.75 Å². The van der Waals surface area contributed by atoms with Crippen LogP contribution in [-0.2, 0) is 19.1 Å². The van der Waals surface area contributed by atoms with Gasteiger partial charge in [-0.3, -0.25) is 9.59 Å². The van der Waals surface area contributed by atoms with Gasteiger partial charge in [-0.25, -0.2) is 9.59 Å². The van der Waals surface area contributed by atoms with Gasteiger partial charge in [-0.05, 0) is 38.5 Å². The molecule has 150 valence electrons. The van der Waals surface area contributed by atoms with Gasteiger partial charge in [-0.15, -0.1) is 0 Å². The largest absolute Gasteiger partial charge is 0.482 e. The molecule has 1 aromatic carbocycles. The summed E-state index contributed by atoms with van der Waals surface area (Å²) in [5.74, 6) is -1.38. The maximum absolute atomic E-state index is 11.7. The maximum Gasteiger partial charge on any atom is 0.344 e. The standard InChI is InChI=1S/C19H22N2O7/c1-4-20-19(25)12(3)21-16(22)9-27-18(24)10-26-13-5-6-14-11(2)7-17(23)28-15(14)8-13/h5-8,12H,4,9-10H2,1-3H3,(H,20,25)(H,21,22)/t12-/m0/s1. The van der Waals surface area contributed by atoms with Gasteiger partial charge >= 0.3 is 11.6 Å². The van der Waals surface area contributed by atoms with Crippen LogP contribution in [0.15, 0.2) is 33.5 Å². The smallest absolute Gasteiger partial charge is 0.344 e. The van der Waals surface area contributed by atoms with Crippen LogP contribution in [0.25, 0.3) is 11.0 Å².